The third-order valence-electron chi connectivity index (χ3n) is 7.82. The van der Waals surface area contributed by atoms with Gasteiger partial charge in [-0.3, -0.25) is 4.79 Å². The van der Waals surface area contributed by atoms with E-state index >= 15 is 0 Å². The average molecular weight is 518 g/mol. The Balaban J connectivity index is 1.13. The minimum absolute atomic E-state index is 0.0107. The molecule has 1 amide bonds. The number of anilines is 2. The molecule has 6 heteroatoms. The maximum atomic E-state index is 12.5. The van der Waals surface area contributed by atoms with Gasteiger partial charge in [0.2, 0.25) is 11.9 Å². The largest absolute Gasteiger partial charge is 0.354 e. The molecule has 1 fully saturated rings. The predicted molar refractivity (Wildman–Crippen MR) is 157 cm³/mol. The fourth-order valence-electron chi connectivity index (χ4n) is 5.81. The molecule has 1 aromatic heterocycles. The van der Waals surface area contributed by atoms with Crippen LogP contribution < -0.4 is 10.6 Å². The van der Waals surface area contributed by atoms with Gasteiger partial charge in [-0.15, -0.1) is 0 Å². The first-order valence-electron chi connectivity index (χ1n) is 14.1. The van der Waals surface area contributed by atoms with Crippen molar-refractivity contribution >= 4 is 17.5 Å². The third kappa shape index (κ3) is 6.02. The molecule has 2 heterocycles. The molecular weight excluding hydrogens is 482 g/mol. The van der Waals surface area contributed by atoms with E-state index < -0.39 is 0 Å². The summed E-state index contributed by atoms with van der Waals surface area (Å²) < 4.78 is 0. The normalized spacial score (nSPS) is 16.4. The van der Waals surface area contributed by atoms with Crippen molar-refractivity contribution in [2.24, 2.45) is 0 Å². The molecule has 1 aliphatic heterocycles. The first-order chi connectivity index (χ1) is 19.2. The van der Waals surface area contributed by atoms with E-state index in [1.54, 1.807) is 0 Å². The number of carbonyl (C=O) groups excluding carboxylic acids is 1. The summed E-state index contributed by atoms with van der Waals surface area (Å²) in [4.78, 5) is 24.7. The summed E-state index contributed by atoms with van der Waals surface area (Å²) in [6.07, 6.45) is 6.97. The number of fused-ring (bicyclic) bond motifs is 3. The zero-order valence-corrected chi connectivity index (χ0v) is 22.3. The lowest BCUT2D eigenvalue weighted by Gasteiger charge is -2.27. The Bertz CT molecular complexity index is 1410. The highest BCUT2D eigenvalue weighted by atomic mass is 16.1. The first kappa shape index (κ1) is 25.3. The van der Waals surface area contributed by atoms with E-state index in [0.29, 0.717) is 12.4 Å². The van der Waals surface area contributed by atoms with E-state index in [0.717, 1.165) is 42.9 Å². The standard InChI is InChI=1S/C33H35N5O/c39-31(21-24-9-2-1-3-10-24)36-27-15-13-25(14-16-27)30-22-26-23-35-33(34-17-8-20-38-18-6-7-19-38)37-32(26)29-12-5-4-11-28(29)30/h1-5,9-16,23,30H,6-8,17-22H2,(H,36,39)(H,34,35,37). The van der Waals surface area contributed by atoms with Gasteiger partial charge in [-0.1, -0.05) is 66.7 Å². The van der Waals surface area contributed by atoms with Gasteiger partial charge in [-0.25, -0.2) is 9.97 Å². The van der Waals surface area contributed by atoms with Gasteiger partial charge in [-0.2, -0.15) is 0 Å². The van der Waals surface area contributed by atoms with Crippen LogP contribution in [-0.2, 0) is 17.6 Å². The summed E-state index contributed by atoms with van der Waals surface area (Å²) in [6, 6.07) is 26.6. The lowest BCUT2D eigenvalue weighted by molar-refractivity contribution is -0.115. The van der Waals surface area contributed by atoms with Gasteiger partial charge in [0, 0.05) is 29.9 Å². The number of likely N-dealkylation sites (tertiary alicyclic amines) is 1. The highest BCUT2D eigenvalue weighted by molar-refractivity contribution is 5.92. The number of rotatable bonds is 9. The van der Waals surface area contributed by atoms with Crippen molar-refractivity contribution in [2.75, 3.05) is 36.8 Å². The number of nitrogens with zero attached hydrogens (tertiary/aromatic N) is 3. The number of aromatic nitrogens is 2. The van der Waals surface area contributed by atoms with Gasteiger partial charge in [0.25, 0.3) is 0 Å². The molecule has 4 aromatic rings. The zero-order valence-electron chi connectivity index (χ0n) is 22.3. The molecule has 1 unspecified atom stereocenters. The maximum absolute atomic E-state index is 12.5. The van der Waals surface area contributed by atoms with Crippen LogP contribution >= 0.6 is 0 Å². The highest BCUT2D eigenvalue weighted by Crippen LogP contribution is 2.42. The van der Waals surface area contributed by atoms with Crippen LogP contribution in [0.3, 0.4) is 0 Å². The molecule has 1 atom stereocenters. The molecule has 3 aromatic carbocycles. The van der Waals surface area contributed by atoms with E-state index in [1.165, 1.54) is 48.2 Å². The quantitative estimate of drug-likeness (QED) is 0.270. The second-order valence-corrected chi connectivity index (χ2v) is 10.6. The molecule has 198 valence electrons. The lowest BCUT2D eigenvalue weighted by Crippen LogP contribution is -2.22. The number of hydrogen-bond donors (Lipinski definition) is 2. The molecule has 2 N–H and O–H groups in total. The van der Waals surface area contributed by atoms with E-state index in [2.05, 4.69) is 56.9 Å². The summed E-state index contributed by atoms with van der Waals surface area (Å²) in [7, 11) is 0. The minimum atomic E-state index is -0.0107. The predicted octanol–water partition coefficient (Wildman–Crippen LogP) is 5.91. The molecule has 2 aliphatic rings. The van der Waals surface area contributed by atoms with Gasteiger partial charge in [0.1, 0.15) is 0 Å². The fourth-order valence-corrected chi connectivity index (χ4v) is 5.81. The molecule has 0 saturated carbocycles. The summed E-state index contributed by atoms with van der Waals surface area (Å²) in [5.41, 5.74) is 7.69. The smallest absolute Gasteiger partial charge is 0.228 e. The van der Waals surface area contributed by atoms with Crippen molar-refractivity contribution in [3.05, 3.63) is 107 Å². The Morgan fingerprint density at radius 2 is 1.69 bits per heavy atom. The molecule has 0 radical (unpaired) electrons. The van der Waals surface area contributed by atoms with E-state index in [9.17, 15) is 4.79 Å². The molecule has 0 spiro atoms. The maximum Gasteiger partial charge on any atom is 0.228 e. The van der Waals surface area contributed by atoms with Crippen LogP contribution in [0.5, 0.6) is 0 Å². The summed E-state index contributed by atoms with van der Waals surface area (Å²) in [6.45, 7) is 4.49. The third-order valence-corrected chi connectivity index (χ3v) is 7.82. The molecule has 1 saturated heterocycles. The number of nitrogens with one attached hydrogen (secondary N) is 2. The molecular formula is C33H35N5O. The zero-order chi connectivity index (χ0) is 26.4. The Hall–Kier alpha value is -4.03. The fraction of sp³-hybridized carbons (Fsp3) is 0.303. The van der Waals surface area contributed by atoms with Gasteiger partial charge in [0.05, 0.1) is 12.1 Å². The first-order valence-corrected chi connectivity index (χ1v) is 14.1. The van der Waals surface area contributed by atoms with E-state index in [-0.39, 0.29) is 11.8 Å². The number of benzene rings is 3. The monoisotopic (exact) mass is 517 g/mol. The lowest BCUT2D eigenvalue weighted by atomic mass is 9.78. The SMILES string of the molecule is O=C(Cc1ccccc1)Nc1ccc(C2Cc3cnc(NCCCN4CCCC4)nc3-c3ccccc32)cc1. The summed E-state index contributed by atoms with van der Waals surface area (Å²) in [5.74, 6) is 0.910. The number of hydrogen-bond acceptors (Lipinski definition) is 5. The van der Waals surface area contributed by atoms with Crippen molar-refractivity contribution < 1.29 is 4.79 Å². The number of carbonyl (C=O) groups is 1. The second-order valence-electron chi connectivity index (χ2n) is 10.6. The number of amides is 1. The van der Waals surface area contributed by atoms with E-state index in [1.807, 2.05) is 48.7 Å². The van der Waals surface area contributed by atoms with Gasteiger partial charge < -0.3 is 15.5 Å². The van der Waals surface area contributed by atoms with Crippen LogP contribution in [0.2, 0.25) is 0 Å². The van der Waals surface area contributed by atoms with Crippen LogP contribution in [0, 0.1) is 0 Å². The van der Waals surface area contributed by atoms with Crippen LogP contribution in [0.4, 0.5) is 11.6 Å². The van der Waals surface area contributed by atoms with Crippen molar-refractivity contribution in [2.45, 2.75) is 38.0 Å². The van der Waals surface area contributed by atoms with Crippen LogP contribution in [0.25, 0.3) is 11.3 Å². The van der Waals surface area contributed by atoms with Crippen LogP contribution in [0.15, 0.2) is 85.1 Å². The molecule has 1 aliphatic carbocycles. The Morgan fingerprint density at radius 1 is 0.923 bits per heavy atom. The molecule has 0 bridgehead atoms. The van der Waals surface area contributed by atoms with Crippen LogP contribution in [0.1, 0.15) is 47.4 Å². The Morgan fingerprint density at radius 3 is 2.51 bits per heavy atom. The van der Waals surface area contributed by atoms with Crippen molar-refractivity contribution in [1.29, 1.82) is 0 Å². The van der Waals surface area contributed by atoms with Gasteiger partial charge in [0.15, 0.2) is 0 Å². The van der Waals surface area contributed by atoms with E-state index in [4.69, 9.17) is 4.98 Å². The minimum Gasteiger partial charge on any atom is -0.354 e. The molecule has 39 heavy (non-hydrogen) atoms. The van der Waals surface area contributed by atoms with Crippen molar-refractivity contribution in [3.8, 4) is 11.3 Å². The second kappa shape index (κ2) is 11.8. The van der Waals surface area contributed by atoms with Gasteiger partial charge in [-0.05, 0) is 79.7 Å². The van der Waals surface area contributed by atoms with Gasteiger partial charge >= 0.3 is 0 Å². The highest BCUT2D eigenvalue weighted by Gasteiger charge is 2.27. The summed E-state index contributed by atoms with van der Waals surface area (Å²) >= 11 is 0. The average Bonchev–Trinajstić information content (AvgIpc) is 3.50. The molecule has 6 rings (SSSR count). The Kier molecular flexibility index (Phi) is 7.63. The molecule has 6 nitrogen and oxygen atoms in total. The van der Waals surface area contributed by atoms with Crippen LogP contribution in [-0.4, -0.2) is 47.0 Å². The topological polar surface area (TPSA) is 70.2 Å². The van der Waals surface area contributed by atoms with Crippen molar-refractivity contribution in [1.82, 2.24) is 14.9 Å². The summed E-state index contributed by atoms with van der Waals surface area (Å²) in [5, 5.41) is 6.48. The Labute approximate surface area is 230 Å². The van der Waals surface area contributed by atoms with Crippen molar-refractivity contribution in [3.63, 3.8) is 0 Å².